The van der Waals surface area contributed by atoms with E-state index in [9.17, 15) is 4.79 Å². The number of rotatable bonds is 4. The smallest absolute Gasteiger partial charge is 0.266 e. The molecule has 0 fully saturated rings. The first-order valence-corrected chi connectivity index (χ1v) is 9.16. The van der Waals surface area contributed by atoms with Crippen LogP contribution in [0.4, 0.5) is 5.69 Å². The number of benzene rings is 2. The van der Waals surface area contributed by atoms with E-state index in [1.54, 1.807) is 0 Å². The van der Waals surface area contributed by atoms with Crippen molar-refractivity contribution < 1.29 is 21.8 Å². The average Bonchev–Trinajstić information content (AvgIpc) is 3.22. The Hall–Kier alpha value is -2.59. The molecule has 2 aromatic carbocycles. The normalized spacial score (nSPS) is 12.4. The van der Waals surface area contributed by atoms with Crippen molar-refractivity contribution in [3.05, 3.63) is 71.7 Å². The molecule has 0 unspecified atom stereocenters. The van der Waals surface area contributed by atoms with Gasteiger partial charge in [0.1, 0.15) is 6.20 Å². The van der Waals surface area contributed by atoms with Gasteiger partial charge in [0.2, 0.25) is 0 Å². The van der Waals surface area contributed by atoms with E-state index in [1.165, 1.54) is 22.6 Å². The molecule has 0 aliphatic carbocycles. The number of hydrogen-bond donors (Lipinski definition) is 1. The quantitative estimate of drug-likeness (QED) is 0.662. The fourth-order valence-electron chi connectivity index (χ4n) is 3.66. The minimum Gasteiger partial charge on any atom is -1.00 e. The van der Waals surface area contributed by atoms with E-state index in [0.29, 0.717) is 6.54 Å². The molecule has 1 aliphatic rings. The summed E-state index contributed by atoms with van der Waals surface area (Å²) in [5, 5.41) is 3.04. The summed E-state index contributed by atoms with van der Waals surface area (Å²) in [5.74, 6) is 1.25. The standard InChI is InChI=1S/C22H23N3O.ClH/c1-16-9-11-18(12-10-16)20-14-24(22-8-5-13-25(20)22)15-21(26)23-19-7-4-3-6-17(19)2;/h3-4,6-7,9-12,14H,5,8,13,15H2,1-2H3;1H. The summed E-state index contributed by atoms with van der Waals surface area (Å²) >= 11 is 0. The van der Waals surface area contributed by atoms with E-state index in [1.807, 2.05) is 31.2 Å². The van der Waals surface area contributed by atoms with Crippen LogP contribution in [0.5, 0.6) is 0 Å². The summed E-state index contributed by atoms with van der Waals surface area (Å²) in [6, 6.07) is 16.5. The molecule has 0 radical (unpaired) electrons. The molecule has 1 amide bonds. The third kappa shape index (κ3) is 3.91. The predicted molar refractivity (Wildman–Crippen MR) is 103 cm³/mol. The molecule has 0 bridgehead atoms. The summed E-state index contributed by atoms with van der Waals surface area (Å²) in [6.45, 7) is 5.47. The second-order valence-corrected chi connectivity index (χ2v) is 7.04. The topological polar surface area (TPSA) is 37.9 Å². The number of aryl methyl sites for hydroxylation is 2. The number of halogens is 1. The summed E-state index contributed by atoms with van der Waals surface area (Å²) in [5.41, 5.74) is 5.62. The lowest BCUT2D eigenvalue weighted by atomic mass is 10.1. The third-order valence-electron chi connectivity index (χ3n) is 5.07. The minimum absolute atomic E-state index is 0. The zero-order valence-electron chi connectivity index (χ0n) is 15.7. The van der Waals surface area contributed by atoms with Gasteiger partial charge in [-0.1, -0.05) is 48.0 Å². The van der Waals surface area contributed by atoms with Crippen molar-refractivity contribution in [2.75, 3.05) is 5.32 Å². The molecular weight excluding hydrogens is 358 g/mol. The maximum Gasteiger partial charge on any atom is 0.266 e. The summed E-state index contributed by atoms with van der Waals surface area (Å²) < 4.78 is 4.46. The highest BCUT2D eigenvalue weighted by atomic mass is 35.5. The minimum atomic E-state index is 0. The Kier molecular flexibility index (Phi) is 5.66. The fraction of sp³-hybridized carbons (Fsp3) is 0.273. The fourth-order valence-corrected chi connectivity index (χ4v) is 3.66. The van der Waals surface area contributed by atoms with Crippen molar-refractivity contribution in [3.63, 3.8) is 0 Å². The summed E-state index contributed by atoms with van der Waals surface area (Å²) in [6.07, 6.45) is 4.27. The van der Waals surface area contributed by atoms with E-state index in [4.69, 9.17) is 0 Å². The molecule has 1 N–H and O–H groups in total. The number of hydrogen-bond acceptors (Lipinski definition) is 1. The molecule has 4 rings (SSSR count). The molecular formula is C22H24ClN3O. The number of carbonyl (C=O) groups excluding carboxylic acids is 1. The largest absolute Gasteiger partial charge is 1.00 e. The maximum absolute atomic E-state index is 12.6. The van der Waals surface area contributed by atoms with Crippen LogP contribution in [0.3, 0.4) is 0 Å². The highest BCUT2D eigenvalue weighted by Gasteiger charge is 2.29. The van der Waals surface area contributed by atoms with Crippen molar-refractivity contribution in [2.45, 2.75) is 39.8 Å². The van der Waals surface area contributed by atoms with Crippen molar-refractivity contribution in [3.8, 4) is 11.3 Å². The van der Waals surface area contributed by atoms with Crippen LogP contribution in [-0.2, 0) is 24.3 Å². The molecule has 5 heteroatoms. The van der Waals surface area contributed by atoms with E-state index >= 15 is 0 Å². The molecule has 4 nitrogen and oxygen atoms in total. The van der Waals surface area contributed by atoms with Gasteiger partial charge in [-0.25, -0.2) is 9.13 Å². The molecule has 3 aromatic rings. The number of carbonyl (C=O) groups is 1. The monoisotopic (exact) mass is 381 g/mol. The van der Waals surface area contributed by atoms with Gasteiger partial charge in [0.15, 0.2) is 12.2 Å². The van der Waals surface area contributed by atoms with Crippen LogP contribution in [0.15, 0.2) is 54.7 Å². The Morgan fingerprint density at radius 2 is 1.85 bits per heavy atom. The van der Waals surface area contributed by atoms with Crippen LogP contribution < -0.4 is 22.3 Å². The number of anilines is 1. The van der Waals surface area contributed by atoms with Crippen LogP contribution in [-0.4, -0.2) is 10.5 Å². The Balaban J connectivity index is 0.00000210. The van der Waals surface area contributed by atoms with Gasteiger partial charge in [0.25, 0.3) is 11.7 Å². The van der Waals surface area contributed by atoms with Crippen molar-refractivity contribution in [1.82, 2.24) is 4.57 Å². The Labute approximate surface area is 166 Å². The second-order valence-electron chi connectivity index (χ2n) is 7.04. The van der Waals surface area contributed by atoms with E-state index in [0.717, 1.165) is 30.6 Å². The lowest BCUT2D eigenvalue weighted by Gasteiger charge is -2.07. The Bertz CT molecular complexity index is 960. The Morgan fingerprint density at radius 1 is 1.11 bits per heavy atom. The first-order chi connectivity index (χ1) is 12.6. The molecule has 0 spiro atoms. The predicted octanol–water partition coefficient (Wildman–Crippen LogP) is 0.648. The lowest BCUT2D eigenvalue weighted by molar-refractivity contribution is -0.690. The zero-order chi connectivity index (χ0) is 18.1. The van der Waals surface area contributed by atoms with Gasteiger partial charge in [-0.05, 0) is 31.9 Å². The van der Waals surface area contributed by atoms with Crippen molar-refractivity contribution in [1.29, 1.82) is 0 Å². The highest BCUT2D eigenvalue weighted by Crippen LogP contribution is 2.25. The van der Waals surface area contributed by atoms with Gasteiger partial charge in [-0.3, -0.25) is 4.79 Å². The lowest BCUT2D eigenvalue weighted by Crippen LogP contribution is -3.00. The number of fused-ring (bicyclic) bond motifs is 1. The van der Waals surface area contributed by atoms with E-state index in [-0.39, 0.29) is 18.3 Å². The maximum atomic E-state index is 12.6. The molecule has 2 heterocycles. The second kappa shape index (κ2) is 7.97. The summed E-state index contributed by atoms with van der Waals surface area (Å²) in [7, 11) is 0. The van der Waals surface area contributed by atoms with Gasteiger partial charge in [-0.15, -0.1) is 0 Å². The van der Waals surface area contributed by atoms with Crippen LogP contribution >= 0.6 is 0 Å². The molecule has 0 saturated heterocycles. The number of amides is 1. The van der Waals surface area contributed by atoms with Crippen LogP contribution in [0.25, 0.3) is 11.3 Å². The van der Waals surface area contributed by atoms with Gasteiger partial charge < -0.3 is 17.7 Å². The molecule has 27 heavy (non-hydrogen) atoms. The molecule has 1 aromatic heterocycles. The molecule has 140 valence electrons. The highest BCUT2D eigenvalue weighted by molar-refractivity contribution is 5.90. The number of aromatic nitrogens is 2. The number of nitrogens with zero attached hydrogens (tertiary/aromatic N) is 2. The Morgan fingerprint density at radius 3 is 2.59 bits per heavy atom. The number of imidazole rings is 1. The first-order valence-electron chi connectivity index (χ1n) is 9.16. The van der Waals surface area contributed by atoms with Crippen LogP contribution in [0, 0.1) is 13.8 Å². The van der Waals surface area contributed by atoms with Gasteiger partial charge in [0.05, 0.1) is 13.0 Å². The van der Waals surface area contributed by atoms with Crippen molar-refractivity contribution in [2.24, 2.45) is 0 Å². The van der Waals surface area contributed by atoms with E-state index < -0.39 is 0 Å². The average molecular weight is 382 g/mol. The van der Waals surface area contributed by atoms with Gasteiger partial charge in [0, 0.05) is 11.3 Å². The molecule has 0 saturated carbocycles. The van der Waals surface area contributed by atoms with Crippen molar-refractivity contribution >= 4 is 11.6 Å². The summed E-state index contributed by atoms with van der Waals surface area (Å²) in [4.78, 5) is 12.6. The van der Waals surface area contributed by atoms with E-state index in [2.05, 4.69) is 51.8 Å². The third-order valence-corrected chi connectivity index (χ3v) is 5.07. The first kappa shape index (κ1) is 19.2. The van der Waals surface area contributed by atoms with Crippen LogP contribution in [0.2, 0.25) is 0 Å². The zero-order valence-corrected chi connectivity index (χ0v) is 16.5. The number of nitrogens with one attached hydrogen (secondary N) is 1. The van der Waals surface area contributed by atoms with Gasteiger partial charge >= 0.3 is 0 Å². The van der Waals surface area contributed by atoms with Crippen LogP contribution in [0.1, 0.15) is 23.4 Å². The molecule has 0 atom stereocenters. The number of para-hydroxylation sites is 1. The SMILES string of the molecule is Cc1ccc(-c2c[n+](CC(=O)Nc3ccccc3C)c3n2CCC3)cc1.[Cl-]. The van der Waals surface area contributed by atoms with Gasteiger partial charge in [-0.2, -0.15) is 0 Å². The molecule has 1 aliphatic heterocycles.